The fourth-order valence-corrected chi connectivity index (χ4v) is 2.69. The Hall–Kier alpha value is -1.03. The van der Waals surface area contributed by atoms with E-state index in [4.69, 9.17) is 23.2 Å². The number of aryl methyl sites for hydroxylation is 1. The number of hydrogen-bond acceptors (Lipinski definition) is 2. The third-order valence-electron chi connectivity index (χ3n) is 3.71. The highest BCUT2D eigenvalue weighted by Gasteiger charge is 2.17. The minimum absolute atomic E-state index is 0.232. The van der Waals surface area contributed by atoms with E-state index in [1.165, 1.54) is 16.8 Å². The quantitative estimate of drug-likeness (QED) is 0.857. The summed E-state index contributed by atoms with van der Waals surface area (Å²) in [5.74, 6) is 0. The minimum Gasteiger partial charge on any atom is -0.310 e. The SMILES string of the molecule is CCCNC(Cc1ccc(Cl)c(Cl)c1)c1cnn(C)c1C. The lowest BCUT2D eigenvalue weighted by Gasteiger charge is -2.19. The summed E-state index contributed by atoms with van der Waals surface area (Å²) in [6.07, 6.45) is 3.90. The molecule has 1 atom stereocenters. The average molecular weight is 326 g/mol. The highest BCUT2D eigenvalue weighted by Crippen LogP contribution is 2.26. The number of rotatable bonds is 6. The lowest BCUT2D eigenvalue weighted by molar-refractivity contribution is 0.526. The Morgan fingerprint density at radius 3 is 2.62 bits per heavy atom. The van der Waals surface area contributed by atoms with Crippen molar-refractivity contribution in [2.24, 2.45) is 7.05 Å². The topological polar surface area (TPSA) is 29.9 Å². The van der Waals surface area contributed by atoms with Crippen molar-refractivity contribution in [1.82, 2.24) is 15.1 Å². The van der Waals surface area contributed by atoms with Crippen molar-refractivity contribution in [3.8, 4) is 0 Å². The zero-order valence-electron chi connectivity index (χ0n) is 12.7. The molecule has 0 spiro atoms. The van der Waals surface area contributed by atoms with Gasteiger partial charge in [0, 0.05) is 24.3 Å². The van der Waals surface area contributed by atoms with Gasteiger partial charge in [0.25, 0.3) is 0 Å². The molecule has 5 heteroatoms. The highest BCUT2D eigenvalue weighted by molar-refractivity contribution is 6.42. The van der Waals surface area contributed by atoms with Crippen molar-refractivity contribution in [3.05, 3.63) is 51.3 Å². The van der Waals surface area contributed by atoms with Gasteiger partial charge in [0.05, 0.1) is 16.2 Å². The lowest BCUT2D eigenvalue weighted by Crippen LogP contribution is -2.24. The van der Waals surface area contributed by atoms with E-state index in [2.05, 4.69) is 24.3 Å². The van der Waals surface area contributed by atoms with Crippen LogP contribution in [0.15, 0.2) is 24.4 Å². The van der Waals surface area contributed by atoms with E-state index >= 15 is 0 Å². The largest absolute Gasteiger partial charge is 0.310 e. The molecule has 0 saturated heterocycles. The molecule has 1 aromatic heterocycles. The summed E-state index contributed by atoms with van der Waals surface area (Å²) in [4.78, 5) is 0. The molecule has 0 bridgehead atoms. The predicted molar refractivity (Wildman–Crippen MR) is 89.1 cm³/mol. The maximum Gasteiger partial charge on any atom is 0.0595 e. The van der Waals surface area contributed by atoms with Gasteiger partial charge in [0.15, 0.2) is 0 Å². The van der Waals surface area contributed by atoms with Crippen molar-refractivity contribution >= 4 is 23.2 Å². The van der Waals surface area contributed by atoms with E-state index in [0.29, 0.717) is 10.0 Å². The zero-order chi connectivity index (χ0) is 15.4. The van der Waals surface area contributed by atoms with Crippen LogP contribution < -0.4 is 5.32 Å². The number of hydrogen-bond donors (Lipinski definition) is 1. The summed E-state index contributed by atoms with van der Waals surface area (Å²) in [6, 6.07) is 6.05. The number of benzene rings is 1. The van der Waals surface area contributed by atoms with Gasteiger partial charge in [0.2, 0.25) is 0 Å². The molecular formula is C16H21Cl2N3. The fraction of sp³-hybridized carbons (Fsp3) is 0.438. The third-order valence-corrected chi connectivity index (χ3v) is 4.45. The van der Waals surface area contributed by atoms with Gasteiger partial charge in [0.1, 0.15) is 0 Å². The van der Waals surface area contributed by atoms with E-state index in [1.807, 2.05) is 36.1 Å². The average Bonchev–Trinajstić information content (AvgIpc) is 2.79. The second kappa shape index (κ2) is 7.30. The summed E-state index contributed by atoms with van der Waals surface area (Å²) in [7, 11) is 1.97. The summed E-state index contributed by atoms with van der Waals surface area (Å²) in [5, 5.41) is 9.14. The first-order valence-corrected chi connectivity index (χ1v) is 7.94. The second-order valence-electron chi connectivity index (χ2n) is 5.27. The van der Waals surface area contributed by atoms with Crippen molar-refractivity contribution in [3.63, 3.8) is 0 Å². The molecule has 2 aromatic rings. The minimum atomic E-state index is 0.232. The number of nitrogens with zero attached hydrogens (tertiary/aromatic N) is 2. The first-order valence-electron chi connectivity index (χ1n) is 7.18. The van der Waals surface area contributed by atoms with Crippen LogP contribution in [0.4, 0.5) is 0 Å². The van der Waals surface area contributed by atoms with Gasteiger partial charge in [-0.1, -0.05) is 36.2 Å². The molecule has 1 N–H and O–H groups in total. The van der Waals surface area contributed by atoms with Gasteiger partial charge in [-0.3, -0.25) is 4.68 Å². The van der Waals surface area contributed by atoms with Crippen LogP contribution in [0, 0.1) is 6.92 Å². The van der Waals surface area contributed by atoms with Crippen molar-refractivity contribution in [1.29, 1.82) is 0 Å². The van der Waals surface area contributed by atoms with Crippen LogP contribution in [0.5, 0.6) is 0 Å². The molecule has 0 amide bonds. The molecule has 21 heavy (non-hydrogen) atoms. The van der Waals surface area contributed by atoms with Crippen molar-refractivity contribution < 1.29 is 0 Å². The Morgan fingerprint density at radius 2 is 2.05 bits per heavy atom. The molecule has 1 unspecified atom stereocenters. The molecule has 0 aliphatic heterocycles. The molecule has 1 aromatic carbocycles. The number of aromatic nitrogens is 2. The van der Waals surface area contributed by atoms with Gasteiger partial charge in [-0.25, -0.2) is 0 Å². The van der Waals surface area contributed by atoms with Crippen LogP contribution in [0.2, 0.25) is 10.0 Å². The molecule has 2 rings (SSSR count). The monoisotopic (exact) mass is 325 g/mol. The standard InChI is InChI=1S/C16H21Cl2N3/c1-4-7-19-16(13-10-20-21(3)11(13)2)9-12-5-6-14(17)15(18)8-12/h5-6,8,10,16,19H,4,7,9H2,1-3H3. The van der Waals surface area contributed by atoms with E-state index in [0.717, 1.165) is 19.4 Å². The molecule has 1 heterocycles. The number of halogens is 2. The van der Waals surface area contributed by atoms with Crippen molar-refractivity contribution in [2.45, 2.75) is 32.7 Å². The molecule has 0 saturated carbocycles. The molecule has 0 aliphatic carbocycles. The smallest absolute Gasteiger partial charge is 0.0595 e. The molecule has 0 fully saturated rings. The first kappa shape index (κ1) is 16.3. The Bertz CT molecular complexity index is 608. The Kier molecular flexibility index (Phi) is 5.68. The van der Waals surface area contributed by atoms with Crippen LogP contribution in [-0.4, -0.2) is 16.3 Å². The summed E-state index contributed by atoms with van der Waals surface area (Å²) in [6.45, 7) is 5.23. The molecule has 114 valence electrons. The summed E-state index contributed by atoms with van der Waals surface area (Å²) in [5.41, 5.74) is 3.59. The van der Waals surface area contributed by atoms with Gasteiger partial charge in [-0.05, 0) is 44.0 Å². The summed E-state index contributed by atoms with van der Waals surface area (Å²) >= 11 is 12.1. The van der Waals surface area contributed by atoms with E-state index in [1.54, 1.807) is 0 Å². The molecular weight excluding hydrogens is 305 g/mol. The van der Waals surface area contributed by atoms with E-state index in [9.17, 15) is 0 Å². The Morgan fingerprint density at radius 1 is 1.29 bits per heavy atom. The van der Waals surface area contributed by atoms with Gasteiger partial charge < -0.3 is 5.32 Å². The first-order chi connectivity index (χ1) is 10.0. The van der Waals surface area contributed by atoms with E-state index < -0.39 is 0 Å². The van der Waals surface area contributed by atoms with Crippen LogP contribution in [0.25, 0.3) is 0 Å². The van der Waals surface area contributed by atoms with E-state index in [-0.39, 0.29) is 6.04 Å². The highest BCUT2D eigenvalue weighted by atomic mass is 35.5. The van der Waals surface area contributed by atoms with Crippen molar-refractivity contribution in [2.75, 3.05) is 6.54 Å². The van der Waals surface area contributed by atoms with Gasteiger partial charge in [-0.2, -0.15) is 5.10 Å². The van der Waals surface area contributed by atoms with Crippen LogP contribution in [0.1, 0.15) is 36.2 Å². The second-order valence-corrected chi connectivity index (χ2v) is 6.08. The normalized spacial score (nSPS) is 12.6. The molecule has 3 nitrogen and oxygen atoms in total. The Balaban J connectivity index is 2.23. The van der Waals surface area contributed by atoms with Gasteiger partial charge in [-0.15, -0.1) is 0 Å². The van der Waals surface area contributed by atoms with Crippen LogP contribution >= 0.6 is 23.2 Å². The third kappa shape index (κ3) is 4.00. The lowest BCUT2D eigenvalue weighted by atomic mass is 9.99. The molecule has 0 radical (unpaired) electrons. The fourth-order valence-electron chi connectivity index (χ4n) is 2.37. The Labute approximate surface area is 136 Å². The maximum atomic E-state index is 6.11. The number of nitrogens with one attached hydrogen (secondary N) is 1. The van der Waals surface area contributed by atoms with Crippen LogP contribution in [-0.2, 0) is 13.5 Å². The predicted octanol–water partition coefficient (Wildman–Crippen LogP) is 4.32. The van der Waals surface area contributed by atoms with Crippen LogP contribution in [0.3, 0.4) is 0 Å². The molecule has 0 aliphatic rings. The van der Waals surface area contributed by atoms with Gasteiger partial charge >= 0.3 is 0 Å². The summed E-state index contributed by atoms with van der Waals surface area (Å²) < 4.78 is 1.91. The zero-order valence-corrected chi connectivity index (χ0v) is 14.2. The maximum absolute atomic E-state index is 6.11.